The summed E-state index contributed by atoms with van der Waals surface area (Å²) in [6.07, 6.45) is 6.75. The van der Waals surface area contributed by atoms with E-state index in [1.165, 1.54) is 12.1 Å². The summed E-state index contributed by atoms with van der Waals surface area (Å²) in [6, 6.07) is 13.5. The summed E-state index contributed by atoms with van der Waals surface area (Å²) in [4.78, 5) is 12.7. The summed E-state index contributed by atoms with van der Waals surface area (Å²) in [5, 5.41) is 0. The molecule has 0 unspecified atom stereocenters. The van der Waals surface area contributed by atoms with Gasteiger partial charge in [-0.3, -0.25) is 4.79 Å². The van der Waals surface area contributed by atoms with Gasteiger partial charge in [-0.05, 0) is 79.2 Å². The number of hydrogen-bond acceptors (Lipinski definition) is 2. The van der Waals surface area contributed by atoms with Crippen LogP contribution in [-0.4, -0.2) is 5.97 Å². The second-order valence-electron chi connectivity index (χ2n) is 10.6. The zero-order valence-corrected chi connectivity index (χ0v) is 22.7. The van der Waals surface area contributed by atoms with Crippen LogP contribution in [0.5, 0.6) is 5.75 Å². The van der Waals surface area contributed by atoms with E-state index < -0.39 is 40.9 Å². The van der Waals surface area contributed by atoms with E-state index in [4.69, 9.17) is 4.74 Å². The van der Waals surface area contributed by atoms with Crippen molar-refractivity contribution in [2.45, 2.75) is 84.0 Å². The average Bonchev–Trinajstić information content (AvgIpc) is 2.95. The van der Waals surface area contributed by atoms with Crippen molar-refractivity contribution in [3.63, 3.8) is 0 Å². The summed E-state index contributed by atoms with van der Waals surface area (Å²) in [7, 11) is 0. The minimum Gasteiger partial charge on any atom is -0.423 e. The fraction of sp³-hybridized carbons (Fsp3) is 0.424. The third kappa shape index (κ3) is 6.71. The van der Waals surface area contributed by atoms with Crippen LogP contribution >= 0.6 is 0 Å². The molecule has 0 aromatic heterocycles. The quantitative estimate of drug-likeness (QED) is 0.111. The summed E-state index contributed by atoms with van der Waals surface area (Å²) >= 11 is 0. The molecule has 0 heterocycles. The van der Waals surface area contributed by atoms with Gasteiger partial charge in [-0.25, -0.2) is 13.2 Å². The zero-order chi connectivity index (χ0) is 27.9. The number of aryl methyl sites for hydroxylation is 2. The molecular weight excluding hydrogens is 504 g/mol. The van der Waals surface area contributed by atoms with Gasteiger partial charge in [-0.1, -0.05) is 75.6 Å². The highest BCUT2D eigenvalue weighted by molar-refractivity contribution is 5.75. The van der Waals surface area contributed by atoms with E-state index in [0.29, 0.717) is 43.2 Å². The summed E-state index contributed by atoms with van der Waals surface area (Å²) < 4.78 is 64.4. The van der Waals surface area contributed by atoms with Crippen LogP contribution in [-0.2, 0) is 17.6 Å². The molecule has 1 fully saturated rings. The largest absolute Gasteiger partial charge is 0.423 e. The molecule has 0 N–H and O–H groups in total. The predicted octanol–water partition coefficient (Wildman–Crippen LogP) is 9.47. The highest BCUT2D eigenvalue weighted by Crippen LogP contribution is 2.39. The molecule has 1 aliphatic rings. The van der Waals surface area contributed by atoms with Crippen molar-refractivity contribution in [3.8, 4) is 16.9 Å². The molecule has 39 heavy (non-hydrogen) atoms. The van der Waals surface area contributed by atoms with Crippen molar-refractivity contribution >= 4 is 5.97 Å². The Balaban J connectivity index is 1.37. The molecule has 4 rings (SSSR count). The molecule has 0 amide bonds. The zero-order valence-electron chi connectivity index (χ0n) is 22.7. The highest BCUT2D eigenvalue weighted by atomic mass is 19.2. The smallest absolute Gasteiger partial charge is 0.314 e. The standard InChI is InChI=1S/C33H36F4O2/c1-3-5-6-8-24-17-20-28(32(37)29(24)34)39-33(38)25-15-13-23(14-16-25)27-19-18-26(30(35)31(27)36)22-11-9-21(7-4-2)10-12-22/h9-12,17-20,23,25H,3-8,13-16H2,1-2H3. The molecule has 0 radical (unpaired) electrons. The van der Waals surface area contributed by atoms with Gasteiger partial charge >= 0.3 is 5.97 Å². The van der Waals surface area contributed by atoms with Crippen LogP contribution in [0.15, 0.2) is 48.5 Å². The third-order valence-corrected chi connectivity index (χ3v) is 7.80. The number of hydrogen-bond donors (Lipinski definition) is 0. The number of halogens is 4. The Hall–Kier alpha value is -3.15. The second-order valence-corrected chi connectivity index (χ2v) is 10.6. The lowest BCUT2D eigenvalue weighted by Gasteiger charge is -2.28. The van der Waals surface area contributed by atoms with Crippen LogP contribution in [0.4, 0.5) is 17.6 Å². The van der Waals surface area contributed by atoms with E-state index in [-0.39, 0.29) is 17.0 Å². The van der Waals surface area contributed by atoms with Gasteiger partial charge in [-0.2, -0.15) is 4.39 Å². The van der Waals surface area contributed by atoms with Crippen molar-refractivity contribution in [1.29, 1.82) is 0 Å². The van der Waals surface area contributed by atoms with Gasteiger partial charge in [0.15, 0.2) is 23.2 Å². The Labute approximate surface area is 228 Å². The van der Waals surface area contributed by atoms with Crippen LogP contribution in [0.1, 0.15) is 87.8 Å². The van der Waals surface area contributed by atoms with Gasteiger partial charge in [0.2, 0.25) is 5.82 Å². The number of carbonyl (C=O) groups is 1. The van der Waals surface area contributed by atoms with Crippen LogP contribution in [0.25, 0.3) is 11.1 Å². The minimum atomic E-state index is -1.15. The fourth-order valence-electron chi connectivity index (χ4n) is 5.48. The number of carbonyl (C=O) groups excluding carboxylic acids is 1. The summed E-state index contributed by atoms with van der Waals surface area (Å²) in [6.45, 7) is 4.12. The van der Waals surface area contributed by atoms with Gasteiger partial charge < -0.3 is 4.74 Å². The maximum Gasteiger partial charge on any atom is 0.314 e. The first-order valence-corrected chi connectivity index (χ1v) is 14.1. The lowest BCUT2D eigenvalue weighted by molar-refractivity contribution is -0.140. The molecule has 0 bridgehead atoms. The number of benzene rings is 3. The molecule has 3 aromatic carbocycles. The van der Waals surface area contributed by atoms with Gasteiger partial charge in [0.25, 0.3) is 0 Å². The van der Waals surface area contributed by atoms with Gasteiger partial charge in [0.1, 0.15) is 0 Å². The maximum atomic E-state index is 15.1. The van der Waals surface area contributed by atoms with E-state index >= 15 is 8.78 Å². The monoisotopic (exact) mass is 540 g/mol. The van der Waals surface area contributed by atoms with E-state index in [1.54, 1.807) is 12.1 Å². The molecule has 0 atom stereocenters. The number of ether oxygens (including phenoxy) is 1. The normalized spacial score (nSPS) is 17.3. The average molecular weight is 541 g/mol. The molecule has 0 saturated heterocycles. The molecule has 1 saturated carbocycles. The molecule has 3 aromatic rings. The third-order valence-electron chi connectivity index (χ3n) is 7.80. The van der Waals surface area contributed by atoms with Crippen molar-refractivity contribution in [3.05, 3.63) is 88.5 Å². The van der Waals surface area contributed by atoms with E-state index in [9.17, 15) is 13.6 Å². The van der Waals surface area contributed by atoms with Gasteiger partial charge in [0, 0.05) is 5.56 Å². The first-order chi connectivity index (χ1) is 18.8. The second kappa shape index (κ2) is 13.3. The van der Waals surface area contributed by atoms with Gasteiger partial charge in [0.05, 0.1) is 5.92 Å². The van der Waals surface area contributed by atoms with E-state index in [1.807, 2.05) is 31.2 Å². The minimum absolute atomic E-state index is 0.224. The number of rotatable bonds is 10. The molecule has 0 aliphatic heterocycles. The number of unbranched alkanes of at least 4 members (excludes halogenated alkanes) is 2. The topological polar surface area (TPSA) is 26.3 Å². The molecule has 0 spiro atoms. The van der Waals surface area contributed by atoms with Crippen LogP contribution in [0, 0.1) is 29.2 Å². The highest BCUT2D eigenvalue weighted by Gasteiger charge is 2.31. The lowest BCUT2D eigenvalue weighted by atomic mass is 9.78. The van der Waals surface area contributed by atoms with Crippen LogP contribution in [0.2, 0.25) is 0 Å². The maximum absolute atomic E-state index is 15.1. The molecule has 2 nitrogen and oxygen atoms in total. The first kappa shape index (κ1) is 28.8. The van der Waals surface area contributed by atoms with Gasteiger partial charge in [-0.15, -0.1) is 0 Å². The summed E-state index contributed by atoms with van der Waals surface area (Å²) in [5.41, 5.74) is 2.58. The van der Waals surface area contributed by atoms with Crippen molar-refractivity contribution in [1.82, 2.24) is 0 Å². The fourth-order valence-corrected chi connectivity index (χ4v) is 5.48. The molecule has 6 heteroatoms. The number of esters is 1. The molecular formula is C33H36F4O2. The van der Waals surface area contributed by atoms with E-state index in [0.717, 1.165) is 37.7 Å². The first-order valence-electron chi connectivity index (χ1n) is 14.1. The Bertz CT molecular complexity index is 1280. The van der Waals surface area contributed by atoms with E-state index in [2.05, 4.69) is 6.92 Å². The predicted molar refractivity (Wildman–Crippen MR) is 146 cm³/mol. The SMILES string of the molecule is CCCCCc1ccc(OC(=O)C2CCC(c3ccc(-c4ccc(CCC)cc4)c(F)c3F)CC2)c(F)c1F. The van der Waals surface area contributed by atoms with Crippen molar-refractivity contribution < 1.29 is 27.1 Å². The Morgan fingerprint density at radius 1 is 0.744 bits per heavy atom. The lowest BCUT2D eigenvalue weighted by Crippen LogP contribution is -2.26. The Kier molecular flexibility index (Phi) is 9.82. The Morgan fingerprint density at radius 3 is 2.13 bits per heavy atom. The molecule has 1 aliphatic carbocycles. The molecule has 208 valence electrons. The van der Waals surface area contributed by atoms with Crippen LogP contribution in [0.3, 0.4) is 0 Å². The van der Waals surface area contributed by atoms with Crippen LogP contribution < -0.4 is 4.74 Å². The Morgan fingerprint density at radius 2 is 1.46 bits per heavy atom. The summed E-state index contributed by atoms with van der Waals surface area (Å²) in [5.74, 6) is -5.63. The van der Waals surface area contributed by atoms with Crippen molar-refractivity contribution in [2.75, 3.05) is 0 Å². The van der Waals surface area contributed by atoms with Crippen molar-refractivity contribution in [2.24, 2.45) is 5.92 Å².